The first-order valence-corrected chi connectivity index (χ1v) is 38.5. The molecule has 6 rings (SSSR count). The second kappa shape index (κ2) is 22.3. The van der Waals surface area contributed by atoms with Crippen LogP contribution in [0.15, 0.2) is 91.4 Å². The van der Waals surface area contributed by atoms with E-state index in [0.29, 0.717) is 59.5 Å². The van der Waals surface area contributed by atoms with E-state index in [0.717, 1.165) is 19.6 Å². The van der Waals surface area contributed by atoms with Crippen molar-refractivity contribution < 1.29 is 27.5 Å². The summed E-state index contributed by atoms with van der Waals surface area (Å²) in [5, 5.41) is 4.44. The molecule has 0 unspecified atom stereocenters. The molecular formula is C54H84BiN3O6Si3. The van der Waals surface area contributed by atoms with Gasteiger partial charge in [-0.2, -0.15) is 0 Å². The first kappa shape index (κ1) is 53.9. The van der Waals surface area contributed by atoms with Crippen LogP contribution in [0.2, 0.25) is 54.4 Å². The number of nitrogens with zero attached hydrogens (tertiary/aromatic N) is 3. The molecule has 6 aromatic rings. The number of aromatic nitrogens is 3. The predicted octanol–water partition coefficient (Wildman–Crippen LogP) is 11.2. The van der Waals surface area contributed by atoms with Gasteiger partial charge >= 0.3 is 301 Å². The Morgan fingerprint density at radius 2 is 0.642 bits per heavy atom. The van der Waals surface area contributed by atoms with Crippen molar-refractivity contribution in [3.63, 3.8) is 0 Å². The molecule has 0 bridgehead atoms. The fourth-order valence-electron chi connectivity index (χ4n) is 7.52. The van der Waals surface area contributed by atoms with Crippen molar-refractivity contribution in [2.45, 2.75) is 136 Å². The van der Waals surface area contributed by atoms with E-state index >= 15 is 0 Å². The molecule has 0 spiro atoms. The van der Waals surface area contributed by atoms with E-state index in [1.54, 1.807) is 0 Å². The van der Waals surface area contributed by atoms with Crippen molar-refractivity contribution in [3.05, 3.63) is 91.4 Å². The zero-order valence-electron chi connectivity index (χ0n) is 43.9. The molecule has 0 atom stereocenters. The van der Waals surface area contributed by atoms with Crippen LogP contribution in [0.5, 0.6) is 0 Å². The maximum atomic E-state index is 6.34. The number of rotatable bonds is 24. The van der Waals surface area contributed by atoms with Crippen LogP contribution in [0.1, 0.15) is 62.3 Å². The van der Waals surface area contributed by atoms with Crippen LogP contribution in [0, 0.1) is 0 Å². The summed E-state index contributed by atoms with van der Waals surface area (Å²) in [6.07, 6.45) is 6.65. The van der Waals surface area contributed by atoms with Gasteiger partial charge in [-0.15, -0.1) is 0 Å². The Morgan fingerprint density at radius 1 is 0.373 bits per heavy atom. The zero-order chi connectivity index (χ0) is 48.8. The first-order chi connectivity index (χ1) is 31.4. The Morgan fingerprint density at radius 3 is 0.896 bits per heavy atom. The van der Waals surface area contributed by atoms with Crippen LogP contribution in [-0.2, 0) is 47.1 Å². The maximum absolute atomic E-state index is 6.34. The Bertz CT molecular complexity index is 2250. The molecule has 3 heterocycles. The molecule has 0 amide bonds. The third kappa shape index (κ3) is 13.7. The summed E-state index contributed by atoms with van der Waals surface area (Å²) in [7, 11) is -5.33. The fourth-order valence-corrected chi connectivity index (χ4v) is 19.8. The Balaban J connectivity index is 1.17. The molecule has 0 aliphatic heterocycles. The summed E-state index contributed by atoms with van der Waals surface area (Å²) in [6, 6.07) is 28.5. The van der Waals surface area contributed by atoms with Gasteiger partial charge in [0.1, 0.15) is 0 Å². The van der Waals surface area contributed by atoms with E-state index in [2.05, 4.69) is 207 Å². The molecule has 67 heavy (non-hydrogen) atoms. The molecule has 0 aliphatic carbocycles. The van der Waals surface area contributed by atoms with E-state index in [4.69, 9.17) is 27.5 Å². The van der Waals surface area contributed by atoms with Crippen molar-refractivity contribution in [2.75, 3.05) is 59.5 Å². The summed E-state index contributed by atoms with van der Waals surface area (Å²) in [6.45, 7) is 42.5. The molecule has 0 N–H and O–H groups in total. The van der Waals surface area contributed by atoms with Crippen molar-refractivity contribution in [2.24, 2.45) is 0 Å². The van der Waals surface area contributed by atoms with Gasteiger partial charge in [-0.05, 0) is 54.4 Å². The molecule has 368 valence electrons. The Labute approximate surface area is 414 Å². The molecule has 0 aliphatic rings. The first-order valence-electron chi connectivity index (χ1n) is 24.6. The van der Waals surface area contributed by atoms with Crippen LogP contribution in [0.3, 0.4) is 0 Å². The molecule has 0 fully saturated rings. The molecule has 3 aromatic heterocycles. The zero-order valence-corrected chi connectivity index (χ0v) is 50.4. The fraction of sp³-hybridized carbons (Fsp3) is 0.556. The molecular weight excluding hydrogens is 1080 g/mol. The van der Waals surface area contributed by atoms with Crippen LogP contribution in [0.25, 0.3) is 32.7 Å². The second-order valence-electron chi connectivity index (χ2n) is 22.8. The van der Waals surface area contributed by atoms with Crippen LogP contribution in [0.4, 0.5) is 0 Å². The molecule has 0 radical (unpaired) electrons. The van der Waals surface area contributed by atoms with E-state index in [9.17, 15) is 0 Å². The van der Waals surface area contributed by atoms with E-state index in [1.807, 2.05) is 0 Å². The number of fused-ring (bicyclic) bond motifs is 3. The van der Waals surface area contributed by atoms with Gasteiger partial charge in [0.05, 0.1) is 0 Å². The van der Waals surface area contributed by atoms with Gasteiger partial charge in [0.15, 0.2) is 0 Å². The molecule has 9 nitrogen and oxygen atoms in total. The van der Waals surface area contributed by atoms with Crippen LogP contribution >= 0.6 is 0 Å². The third-order valence-corrected chi connectivity index (χ3v) is 37.8. The Hall–Kier alpha value is -2.43. The summed E-state index contributed by atoms with van der Waals surface area (Å²) in [5.74, 6) is 0. The van der Waals surface area contributed by atoms with E-state index < -0.39 is 46.7 Å². The monoisotopic (exact) mass is 1160 g/mol. The van der Waals surface area contributed by atoms with Crippen LogP contribution < -0.4 is 9.81 Å². The van der Waals surface area contributed by atoms with Gasteiger partial charge < -0.3 is 0 Å². The van der Waals surface area contributed by atoms with E-state index in [-0.39, 0.29) is 15.1 Å². The van der Waals surface area contributed by atoms with Crippen molar-refractivity contribution in [1.82, 2.24) is 13.7 Å². The van der Waals surface area contributed by atoms with Gasteiger partial charge in [0.25, 0.3) is 0 Å². The quantitative estimate of drug-likeness (QED) is 0.0444. The molecule has 13 heteroatoms. The van der Waals surface area contributed by atoms with Gasteiger partial charge in [-0.1, -0.05) is 62.3 Å². The molecule has 0 saturated carbocycles. The summed E-state index contributed by atoms with van der Waals surface area (Å²) in [4.78, 5) is 0. The summed E-state index contributed by atoms with van der Waals surface area (Å²) < 4.78 is 48.7. The number of hydrogen-bond donors (Lipinski definition) is 0. The normalized spacial score (nSPS) is 13.6. The topological polar surface area (TPSA) is 70.2 Å². The minimum atomic E-state index is -2.84. The van der Waals surface area contributed by atoms with Gasteiger partial charge in [0, 0.05) is 0 Å². The van der Waals surface area contributed by atoms with Gasteiger partial charge in [0.2, 0.25) is 0 Å². The summed E-state index contributed by atoms with van der Waals surface area (Å²) in [5.41, 5.74) is 3.74. The minimum absolute atomic E-state index is 0.199. The Kier molecular flexibility index (Phi) is 18.0. The van der Waals surface area contributed by atoms with Crippen molar-refractivity contribution in [1.29, 1.82) is 0 Å². The van der Waals surface area contributed by atoms with E-state index in [1.165, 1.54) is 42.5 Å². The summed E-state index contributed by atoms with van der Waals surface area (Å²) >= 11 is -2.84. The van der Waals surface area contributed by atoms with Crippen molar-refractivity contribution >= 4 is 89.2 Å². The van der Waals surface area contributed by atoms with Crippen LogP contribution in [-0.4, -0.2) is 120 Å². The average molecular weight is 1160 g/mol. The van der Waals surface area contributed by atoms with Gasteiger partial charge in [-0.3, -0.25) is 0 Å². The third-order valence-electron chi connectivity index (χ3n) is 15.0. The standard InChI is InChI=1S/3C18H28NO2Si.Bi/c3*1-18(2,3)22(4,5)21-15-14-20-13-12-19-11-10-16-8-6-7-9-17(16)19;/h3*7-11H,12-15H2,1-5H3;. The van der Waals surface area contributed by atoms with Crippen molar-refractivity contribution in [3.8, 4) is 0 Å². The molecule has 3 aromatic carbocycles. The van der Waals surface area contributed by atoms with Gasteiger partial charge in [-0.25, -0.2) is 0 Å². The number of ether oxygens (including phenoxy) is 3. The number of benzene rings is 3. The average Bonchev–Trinajstić information content (AvgIpc) is 3.97. The SMILES string of the molecule is CC(C)(C)[Si](C)(C)OCCOCCn1ccc2c[c]([Bi]([c]3ccc4c(ccn4CCOCCO[Si](C)(C)C(C)(C)C)c3)[c]3ccc4c(ccn4CCOCCO[Si](C)(C)C(C)(C)C)c3)ccc21. The molecule has 0 saturated heterocycles. The predicted molar refractivity (Wildman–Crippen MR) is 292 cm³/mol. The second-order valence-corrected chi connectivity index (χ2v) is 45.8. The number of hydrogen-bond acceptors (Lipinski definition) is 6.